The minimum atomic E-state index is -0.467. The zero-order valence-corrected chi connectivity index (χ0v) is 17.4. The molecule has 0 unspecified atom stereocenters. The molecule has 0 saturated carbocycles. The summed E-state index contributed by atoms with van der Waals surface area (Å²) in [6.07, 6.45) is 3.08. The summed E-state index contributed by atoms with van der Waals surface area (Å²) in [6, 6.07) is 12.0. The molecule has 1 aromatic carbocycles. The van der Waals surface area contributed by atoms with Gasteiger partial charge >= 0.3 is 0 Å². The summed E-state index contributed by atoms with van der Waals surface area (Å²) < 4.78 is 11.5. The van der Waals surface area contributed by atoms with E-state index in [-0.39, 0.29) is 11.3 Å². The molecule has 0 radical (unpaired) electrons. The lowest BCUT2D eigenvalue weighted by atomic mass is 9.87. The van der Waals surface area contributed by atoms with Gasteiger partial charge in [-0.1, -0.05) is 32.9 Å². The molecule has 0 aliphatic carbocycles. The van der Waals surface area contributed by atoms with Crippen molar-refractivity contribution in [3.05, 3.63) is 53.7 Å². The Morgan fingerprint density at radius 2 is 1.69 bits per heavy atom. The maximum atomic E-state index is 12.8. The monoisotopic (exact) mass is 395 g/mol. The van der Waals surface area contributed by atoms with Crippen LogP contribution in [0.2, 0.25) is 0 Å². The van der Waals surface area contributed by atoms with Crippen LogP contribution in [0.15, 0.2) is 42.6 Å². The Kier molecular flexibility index (Phi) is 5.32. The predicted octanol–water partition coefficient (Wildman–Crippen LogP) is 4.10. The molecule has 2 saturated heterocycles. The molecule has 3 heterocycles. The van der Waals surface area contributed by atoms with Crippen LogP contribution >= 0.6 is 0 Å². The molecule has 29 heavy (non-hydrogen) atoms. The summed E-state index contributed by atoms with van der Waals surface area (Å²) in [5.41, 5.74) is 2.99. The molecule has 154 valence electrons. The Labute approximate surface area is 172 Å². The highest BCUT2D eigenvalue weighted by Crippen LogP contribution is 2.31. The molecule has 1 aromatic heterocycles. The van der Waals surface area contributed by atoms with E-state index in [0.29, 0.717) is 31.9 Å². The fourth-order valence-electron chi connectivity index (χ4n) is 3.81. The van der Waals surface area contributed by atoms with Crippen molar-refractivity contribution < 1.29 is 14.3 Å². The first-order valence-corrected chi connectivity index (χ1v) is 10.3. The quantitative estimate of drug-likeness (QED) is 0.848. The van der Waals surface area contributed by atoms with E-state index in [2.05, 4.69) is 55.3 Å². The smallest absolute Gasteiger partial charge is 0.255 e. The summed E-state index contributed by atoms with van der Waals surface area (Å²) in [5, 5.41) is 3.29. The molecular weight excluding hydrogens is 366 g/mol. The first-order valence-electron chi connectivity index (χ1n) is 10.3. The van der Waals surface area contributed by atoms with E-state index in [1.54, 1.807) is 6.20 Å². The van der Waals surface area contributed by atoms with Gasteiger partial charge in [0.2, 0.25) is 0 Å². The summed E-state index contributed by atoms with van der Waals surface area (Å²) in [6.45, 7) is 9.16. The van der Waals surface area contributed by atoms with Gasteiger partial charge in [-0.2, -0.15) is 0 Å². The van der Waals surface area contributed by atoms with E-state index in [0.717, 1.165) is 24.3 Å². The number of hydrogen-bond donors (Lipinski definition) is 1. The van der Waals surface area contributed by atoms with Gasteiger partial charge in [-0.25, -0.2) is 4.98 Å². The second-order valence-corrected chi connectivity index (χ2v) is 8.78. The second kappa shape index (κ2) is 7.76. The normalized spacial score (nSPS) is 18.8. The van der Waals surface area contributed by atoms with Gasteiger partial charge in [-0.15, -0.1) is 0 Å². The molecule has 4 rings (SSSR count). The Hall–Kier alpha value is -2.44. The number of carbonyl (C=O) groups excluding carboxylic acids is 1. The molecule has 6 heteroatoms. The first-order chi connectivity index (χ1) is 13.8. The van der Waals surface area contributed by atoms with Crippen LogP contribution in [0.25, 0.3) is 0 Å². The van der Waals surface area contributed by atoms with Crippen LogP contribution < -0.4 is 5.32 Å². The summed E-state index contributed by atoms with van der Waals surface area (Å²) >= 11 is 0. The summed E-state index contributed by atoms with van der Waals surface area (Å²) in [4.78, 5) is 19.1. The number of likely N-dealkylation sites (tertiary alicyclic amines) is 1. The standard InChI is InChI=1S/C23H29N3O3/c1-22(2,3)18-5-7-19(8-6-18)25-20-9-4-17(16-24-20)21(27)26-12-10-23(11-13-26)28-14-15-29-23/h4-9,16H,10-15H2,1-3H3,(H,24,25). The van der Waals surface area contributed by atoms with Gasteiger partial charge in [-0.05, 0) is 35.2 Å². The Balaban J connectivity index is 1.36. The molecule has 2 aromatic rings. The number of pyridine rings is 1. The van der Waals surface area contributed by atoms with Crippen LogP contribution in [0.1, 0.15) is 49.5 Å². The van der Waals surface area contributed by atoms with Gasteiger partial charge in [-0.3, -0.25) is 4.79 Å². The molecule has 1 amide bonds. The minimum Gasteiger partial charge on any atom is -0.347 e. The third kappa shape index (κ3) is 4.43. The summed E-state index contributed by atoms with van der Waals surface area (Å²) in [7, 11) is 0. The number of piperidine rings is 1. The van der Waals surface area contributed by atoms with Gasteiger partial charge in [0.15, 0.2) is 5.79 Å². The Morgan fingerprint density at radius 1 is 1.03 bits per heavy atom. The van der Waals surface area contributed by atoms with E-state index in [1.807, 2.05) is 17.0 Å². The zero-order valence-electron chi connectivity index (χ0n) is 17.4. The van der Waals surface area contributed by atoms with E-state index in [1.165, 1.54) is 5.56 Å². The number of amides is 1. The minimum absolute atomic E-state index is 0.00595. The molecule has 1 spiro atoms. The number of anilines is 2. The average molecular weight is 396 g/mol. The van der Waals surface area contributed by atoms with E-state index in [9.17, 15) is 4.79 Å². The van der Waals surface area contributed by atoms with Crippen LogP contribution in [0.4, 0.5) is 11.5 Å². The number of ether oxygens (including phenoxy) is 2. The average Bonchev–Trinajstić information content (AvgIpc) is 3.16. The molecule has 6 nitrogen and oxygen atoms in total. The third-order valence-corrected chi connectivity index (χ3v) is 5.66. The van der Waals surface area contributed by atoms with Crippen molar-refractivity contribution in [2.45, 2.75) is 44.8 Å². The highest BCUT2D eigenvalue weighted by atomic mass is 16.7. The predicted molar refractivity (Wildman–Crippen MR) is 112 cm³/mol. The van der Waals surface area contributed by atoms with Gasteiger partial charge in [0.25, 0.3) is 5.91 Å². The fourth-order valence-corrected chi connectivity index (χ4v) is 3.81. The number of aromatic nitrogens is 1. The maximum absolute atomic E-state index is 12.8. The lowest BCUT2D eigenvalue weighted by molar-refractivity contribution is -0.181. The molecule has 0 atom stereocenters. The highest BCUT2D eigenvalue weighted by molar-refractivity contribution is 5.94. The topological polar surface area (TPSA) is 63.7 Å². The van der Waals surface area contributed by atoms with Crippen molar-refractivity contribution in [3.63, 3.8) is 0 Å². The number of carbonyl (C=O) groups is 1. The Bertz CT molecular complexity index is 840. The summed E-state index contributed by atoms with van der Waals surface area (Å²) in [5.74, 6) is 0.257. The number of rotatable bonds is 3. The van der Waals surface area contributed by atoms with Crippen LogP contribution in [0, 0.1) is 0 Å². The van der Waals surface area contributed by atoms with Gasteiger partial charge in [0.1, 0.15) is 5.82 Å². The molecular formula is C23H29N3O3. The lowest BCUT2D eigenvalue weighted by Crippen LogP contribution is -2.47. The Morgan fingerprint density at radius 3 is 2.24 bits per heavy atom. The van der Waals surface area contributed by atoms with Gasteiger partial charge in [0.05, 0.1) is 18.8 Å². The van der Waals surface area contributed by atoms with Crippen molar-refractivity contribution >= 4 is 17.4 Å². The van der Waals surface area contributed by atoms with Crippen LogP contribution in [0.5, 0.6) is 0 Å². The van der Waals surface area contributed by atoms with Crippen LogP contribution in [0.3, 0.4) is 0 Å². The number of hydrogen-bond acceptors (Lipinski definition) is 5. The van der Waals surface area contributed by atoms with Crippen LogP contribution in [-0.2, 0) is 14.9 Å². The van der Waals surface area contributed by atoms with Gasteiger partial charge in [0, 0.05) is 37.8 Å². The molecule has 2 aliphatic heterocycles. The van der Waals surface area contributed by atoms with E-state index < -0.39 is 5.79 Å². The maximum Gasteiger partial charge on any atom is 0.255 e. The number of nitrogens with zero attached hydrogens (tertiary/aromatic N) is 2. The van der Waals surface area contributed by atoms with Crippen molar-refractivity contribution in [2.75, 3.05) is 31.6 Å². The largest absolute Gasteiger partial charge is 0.347 e. The lowest BCUT2D eigenvalue weighted by Gasteiger charge is -2.37. The molecule has 2 fully saturated rings. The molecule has 2 aliphatic rings. The number of benzene rings is 1. The van der Waals surface area contributed by atoms with Crippen molar-refractivity contribution in [3.8, 4) is 0 Å². The third-order valence-electron chi connectivity index (χ3n) is 5.66. The SMILES string of the molecule is CC(C)(C)c1ccc(Nc2ccc(C(=O)N3CCC4(CC3)OCCO4)cn2)cc1. The van der Waals surface area contributed by atoms with Crippen molar-refractivity contribution in [1.82, 2.24) is 9.88 Å². The van der Waals surface area contributed by atoms with E-state index in [4.69, 9.17) is 9.47 Å². The molecule has 1 N–H and O–H groups in total. The fraction of sp³-hybridized carbons (Fsp3) is 0.478. The number of nitrogens with one attached hydrogen (secondary N) is 1. The second-order valence-electron chi connectivity index (χ2n) is 8.78. The zero-order chi connectivity index (χ0) is 20.5. The highest BCUT2D eigenvalue weighted by Gasteiger charge is 2.40. The molecule has 0 bridgehead atoms. The van der Waals surface area contributed by atoms with E-state index >= 15 is 0 Å². The van der Waals surface area contributed by atoms with Crippen molar-refractivity contribution in [2.24, 2.45) is 0 Å². The van der Waals surface area contributed by atoms with Gasteiger partial charge < -0.3 is 19.7 Å². The van der Waals surface area contributed by atoms with Crippen LogP contribution in [-0.4, -0.2) is 47.9 Å². The van der Waals surface area contributed by atoms with Crippen molar-refractivity contribution in [1.29, 1.82) is 0 Å². The first kappa shape index (κ1) is 19.9.